The van der Waals surface area contributed by atoms with Crippen LogP contribution < -0.4 is 4.90 Å². The predicted molar refractivity (Wildman–Crippen MR) is 105 cm³/mol. The third kappa shape index (κ3) is 3.52. The number of nitrogens with zero attached hydrogens (tertiary/aromatic N) is 6. The molecule has 3 aliphatic heterocycles. The van der Waals surface area contributed by atoms with Gasteiger partial charge in [-0.1, -0.05) is 19.0 Å². The van der Waals surface area contributed by atoms with Gasteiger partial charge in [0, 0.05) is 49.7 Å². The van der Waals surface area contributed by atoms with Crippen molar-refractivity contribution in [3.8, 4) is 0 Å². The van der Waals surface area contributed by atoms with Gasteiger partial charge in [0.2, 0.25) is 5.91 Å². The molecule has 9 heteroatoms. The molecule has 29 heavy (non-hydrogen) atoms. The van der Waals surface area contributed by atoms with Crippen LogP contribution >= 0.6 is 0 Å². The molecule has 2 saturated heterocycles. The zero-order valence-electron chi connectivity index (χ0n) is 17.1. The van der Waals surface area contributed by atoms with E-state index in [1.54, 1.807) is 0 Å². The summed E-state index contributed by atoms with van der Waals surface area (Å²) >= 11 is 0. The Morgan fingerprint density at radius 2 is 2.00 bits per heavy atom. The Bertz CT molecular complexity index is 879. The van der Waals surface area contributed by atoms with Crippen LogP contribution in [0.15, 0.2) is 10.7 Å². The number of carbonyl (C=O) groups is 1. The Morgan fingerprint density at radius 1 is 1.21 bits per heavy atom. The van der Waals surface area contributed by atoms with Crippen molar-refractivity contribution in [3.63, 3.8) is 0 Å². The second kappa shape index (κ2) is 7.44. The van der Waals surface area contributed by atoms with Crippen LogP contribution in [0.4, 0.5) is 6.01 Å². The second-order valence-electron chi connectivity index (χ2n) is 8.63. The molecular formula is C20H28N6O3. The number of amides is 1. The van der Waals surface area contributed by atoms with Crippen LogP contribution in [0.2, 0.25) is 0 Å². The summed E-state index contributed by atoms with van der Waals surface area (Å²) in [6.07, 6.45) is 4.78. The molecule has 0 aromatic carbocycles. The fourth-order valence-corrected chi connectivity index (χ4v) is 4.31. The number of fused-ring (bicyclic) bond motifs is 1. The molecule has 0 aliphatic carbocycles. The first-order valence-corrected chi connectivity index (χ1v) is 10.6. The molecular weight excluding hydrogens is 372 g/mol. The maximum absolute atomic E-state index is 12.2. The Hall–Kier alpha value is -2.42. The van der Waals surface area contributed by atoms with Gasteiger partial charge in [-0.05, 0) is 12.8 Å². The highest BCUT2D eigenvalue weighted by Crippen LogP contribution is 2.30. The highest BCUT2D eigenvalue weighted by Gasteiger charge is 2.30. The lowest BCUT2D eigenvalue weighted by Crippen LogP contribution is -2.40. The fraction of sp³-hybridized carbons (Fsp3) is 0.700. The zero-order chi connectivity index (χ0) is 20.0. The van der Waals surface area contributed by atoms with Gasteiger partial charge >= 0.3 is 6.01 Å². The van der Waals surface area contributed by atoms with Crippen molar-refractivity contribution < 1.29 is 14.1 Å². The summed E-state index contributed by atoms with van der Waals surface area (Å²) in [5.74, 6) is 1.30. The van der Waals surface area contributed by atoms with E-state index in [1.165, 1.54) is 5.56 Å². The van der Waals surface area contributed by atoms with Crippen molar-refractivity contribution in [1.29, 1.82) is 0 Å². The van der Waals surface area contributed by atoms with Gasteiger partial charge < -0.3 is 19.1 Å². The van der Waals surface area contributed by atoms with Crippen molar-refractivity contribution in [2.24, 2.45) is 5.92 Å². The van der Waals surface area contributed by atoms with Gasteiger partial charge in [0.1, 0.15) is 0 Å². The minimum atomic E-state index is 0.0495. The van der Waals surface area contributed by atoms with E-state index < -0.39 is 0 Å². The van der Waals surface area contributed by atoms with Gasteiger partial charge in [0.05, 0.1) is 31.5 Å². The van der Waals surface area contributed by atoms with E-state index in [0.717, 1.165) is 70.2 Å². The molecule has 5 heterocycles. The van der Waals surface area contributed by atoms with Crippen LogP contribution in [0.5, 0.6) is 0 Å². The smallest absolute Gasteiger partial charge is 0.324 e. The summed E-state index contributed by atoms with van der Waals surface area (Å²) in [6.45, 7) is 8.50. The van der Waals surface area contributed by atoms with Crippen LogP contribution in [0.3, 0.4) is 0 Å². The molecule has 0 radical (unpaired) electrons. The molecule has 0 unspecified atom stereocenters. The normalized spacial score (nSPS) is 20.8. The van der Waals surface area contributed by atoms with E-state index in [0.29, 0.717) is 12.1 Å². The standard InChI is InChI=1S/C20H28N6O3/c1-13(2)19(27)24-6-3-14(4-7-24)18-21-20(29-23-18)25-8-5-17-15(9-25)10-26(22-17)16-11-28-12-16/h10,13-14,16H,3-9,11-12H2,1-2H3. The van der Waals surface area contributed by atoms with Crippen molar-refractivity contribution in [2.45, 2.75) is 51.6 Å². The topological polar surface area (TPSA) is 89.5 Å². The quantitative estimate of drug-likeness (QED) is 0.772. The number of hydrogen-bond acceptors (Lipinski definition) is 7. The molecule has 3 aliphatic rings. The van der Waals surface area contributed by atoms with Crippen molar-refractivity contribution in [2.75, 3.05) is 37.7 Å². The molecule has 0 saturated carbocycles. The van der Waals surface area contributed by atoms with Gasteiger partial charge in [0.15, 0.2) is 5.82 Å². The van der Waals surface area contributed by atoms with E-state index in [-0.39, 0.29) is 17.7 Å². The SMILES string of the molecule is CC(C)C(=O)N1CCC(c2noc(N3CCc4nn(C5COC5)cc4C3)n2)CC1. The third-order valence-corrected chi connectivity index (χ3v) is 6.24. The summed E-state index contributed by atoms with van der Waals surface area (Å²) in [6, 6.07) is 0.962. The summed E-state index contributed by atoms with van der Waals surface area (Å²) in [5.41, 5.74) is 2.39. The molecule has 0 atom stereocenters. The Labute approximate surface area is 170 Å². The van der Waals surface area contributed by atoms with Gasteiger partial charge in [-0.25, -0.2) is 0 Å². The lowest BCUT2D eigenvalue weighted by atomic mass is 9.95. The Balaban J connectivity index is 1.22. The third-order valence-electron chi connectivity index (χ3n) is 6.24. The number of ether oxygens (including phenoxy) is 1. The lowest BCUT2D eigenvalue weighted by molar-refractivity contribution is -0.135. The first-order chi connectivity index (χ1) is 14.1. The van der Waals surface area contributed by atoms with Crippen LogP contribution in [-0.2, 0) is 22.5 Å². The van der Waals surface area contributed by atoms with Crippen LogP contribution in [0.25, 0.3) is 0 Å². The summed E-state index contributed by atoms with van der Waals surface area (Å²) in [4.78, 5) is 21.0. The van der Waals surface area contributed by atoms with Crippen LogP contribution in [0.1, 0.15) is 55.7 Å². The van der Waals surface area contributed by atoms with Crippen LogP contribution in [-0.4, -0.2) is 63.6 Å². The van der Waals surface area contributed by atoms with E-state index in [4.69, 9.17) is 19.3 Å². The minimum absolute atomic E-state index is 0.0495. The highest BCUT2D eigenvalue weighted by atomic mass is 16.5. The number of anilines is 1. The minimum Gasteiger partial charge on any atom is -0.377 e. The number of carbonyl (C=O) groups excluding carboxylic acids is 1. The average Bonchev–Trinajstić information content (AvgIpc) is 3.32. The van der Waals surface area contributed by atoms with E-state index in [1.807, 2.05) is 23.4 Å². The predicted octanol–water partition coefficient (Wildman–Crippen LogP) is 1.76. The molecule has 2 aromatic heterocycles. The van der Waals surface area contributed by atoms with Gasteiger partial charge in [-0.3, -0.25) is 9.48 Å². The molecule has 1 amide bonds. The van der Waals surface area contributed by atoms with Crippen LogP contribution in [0, 0.1) is 5.92 Å². The van der Waals surface area contributed by atoms with Gasteiger partial charge in [0.25, 0.3) is 0 Å². The molecule has 5 rings (SSSR count). The summed E-state index contributed by atoms with van der Waals surface area (Å²) in [7, 11) is 0. The monoisotopic (exact) mass is 400 g/mol. The number of likely N-dealkylation sites (tertiary alicyclic amines) is 1. The number of rotatable bonds is 4. The zero-order valence-corrected chi connectivity index (χ0v) is 17.1. The number of aromatic nitrogens is 4. The largest absolute Gasteiger partial charge is 0.377 e. The highest BCUT2D eigenvalue weighted by molar-refractivity contribution is 5.78. The van der Waals surface area contributed by atoms with Gasteiger partial charge in [-0.15, -0.1) is 0 Å². The Kier molecular flexibility index (Phi) is 4.77. The van der Waals surface area contributed by atoms with E-state index >= 15 is 0 Å². The lowest BCUT2D eigenvalue weighted by Gasteiger charge is -2.31. The summed E-state index contributed by atoms with van der Waals surface area (Å²) in [5, 5.41) is 8.99. The van der Waals surface area contributed by atoms with Gasteiger partial charge in [-0.2, -0.15) is 10.1 Å². The Morgan fingerprint density at radius 3 is 2.69 bits per heavy atom. The fourth-order valence-electron chi connectivity index (χ4n) is 4.31. The average molecular weight is 400 g/mol. The molecule has 0 N–H and O–H groups in total. The number of hydrogen-bond donors (Lipinski definition) is 0. The summed E-state index contributed by atoms with van der Waals surface area (Å²) < 4.78 is 12.9. The number of piperidine rings is 1. The van der Waals surface area contributed by atoms with E-state index in [2.05, 4.69) is 16.3 Å². The molecule has 9 nitrogen and oxygen atoms in total. The molecule has 2 aromatic rings. The van der Waals surface area contributed by atoms with Crippen molar-refractivity contribution >= 4 is 11.9 Å². The van der Waals surface area contributed by atoms with Crippen molar-refractivity contribution in [1.82, 2.24) is 24.8 Å². The first-order valence-electron chi connectivity index (χ1n) is 10.6. The maximum atomic E-state index is 12.2. The first kappa shape index (κ1) is 18.6. The molecule has 156 valence electrons. The second-order valence-corrected chi connectivity index (χ2v) is 8.63. The maximum Gasteiger partial charge on any atom is 0.324 e. The molecule has 2 fully saturated rings. The molecule has 0 spiro atoms. The van der Waals surface area contributed by atoms with E-state index in [9.17, 15) is 4.79 Å². The molecule has 0 bridgehead atoms. The van der Waals surface area contributed by atoms with Crippen molar-refractivity contribution in [3.05, 3.63) is 23.3 Å².